The van der Waals surface area contributed by atoms with Crippen LogP contribution in [0.1, 0.15) is 27.8 Å². The average molecular weight is 357 g/mol. The summed E-state index contributed by atoms with van der Waals surface area (Å²) in [6, 6.07) is 24.3. The highest BCUT2D eigenvalue weighted by Gasteiger charge is 2.21. The van der Waals surface area contributed by atoms with Crippen molar-refractivity contribution in [2.75, 3.05) is 7.11 Å². The lowest BCUT2D eigenvalue weighted by Crippen LogP contribution is -2.30. The molecule has 1 heterocycles. The molecule has 0 aliphatic carbocycles. The third-order valence-corrected chi connectivity index (χ3v) is 4.42. The van der Waals surface area contributed by atoms with Crippen molar-refractivity contribution in [3.8, 4) is 5.75 Å². The molecular formula is C22H19N3O2. The summed E-state index contributed by atoms with van der Waals surface area (Å²) in [6.45, 7) is 0. The number of ether oxygens (including phenoxy) is 1. The second-order valence-electron chi connectivity index (χ2n) is 6.19. The number of amides is 1. The van der Waals surface area contributed by atoms with Crippen LogP contribution in [0.2, 0.25) is 0 Å². The molecular weight excluding hydrogens is 338 g/mol. The zero-order valence-electron chi connectivity index (χ0n) is 14.8. The van der Waals surface area contributed by atoms with E-state index in [4.69, 9.17) is 4.74 Å². The fourth-order valence-electron chi connectivity index (χ4n) is 3.04. The Bertz CT molecular complexity index is 1040. The number of aromatic amines is 1. The van der Waals surface area contributed by atoms with Gasteiger partial charge in [-0.25, -0.2) is 4.98 Å². The van der Waals surface area contributed by atoms with Crippen molar-refractivity contribution < 1.29 is 9.53 Å². The van der Waals surface area contributed by atoms with Crippen LogP contribution in [0.15, 0.2) is 78.9 Å². The standard InChI is InChI=1S/C22H19N3O2/c1-27-17-11-7-10-16(14-17)22(26)25-20(15-8-3-2-4-9-15)21-23-18-12-5-6-13-19(18)24-21/h2-14,20H,1H3,(H,23,24)(H,25,26). The molecule has 4 aromatic rings. The number of aromatic nitrogens is 2. The van der Waals surface area contributed by atoms with Gasteiger partial charge in [-0.15, -0.1) is 0 Å². The highest BCUT2D eigenvalue weighted by molar-refractivity contribution is 5.95. The van der Waals surface area contributed by atoms with E-state index in [9.17, 15) is 4.79 Å². The van der Waals surface area contributed by atoms with Gasteiger partial charge in [-0.3, -0.25) is 4.79 Å². The Balaban J connectivity index is 1.71. The SMILES string of the molecule is COc1cccc(C(=O)NC(c2ccccc2)c2nc3ccccc3[nH]2)c1. The number of fused-ring (bicyclic) bond motifs is 1. The van der Waals surface area contributed by atoms with Crippen molar-refractivity contribution in [1.29, 1.82) is 0 Å². The molecule has 3 aromatic carbocycles. The van der Waals surface area contributed by atoms with Crippen LogP contribution < -0.4 is 10.1 Å². The van der Waals surface area contributed by atoms with Crippen LogP contribution in [0.5, 0.6) is 5.75 Å². The van der Waals surface area contributed by atoms with E-state index in [1.807, 2.05) is 60.7 Å². The van der Waals surface area contributed by atoms with Gasteiger partial charge in [0.2, 0.25) is 0 Å². The van der Waals surface area contributed by atoms with Crippen LogP contribution in [0, 0.1) is 0 Å². The number of H-pyrrole nitrogens is 1. The monoisotopic (exact) mass is 357 g/mol. The molecule has 4 rings (SSSR count). The molecule has 1 unspecified atom stereocenters. The molecule has 5 nitrogen and oxygen atoms in total. The molecule has 0 fully saturated rings. The van der Waals surface area contributed by atoms with Gasteiger partial charge in [-0.05, 0) is 35.9 Å². The largest absolute Gasteiger partial charge is 0.497 e. The molecule has 134 valence electrons. The molecule has 2 N–H and O–H groups in total. The fourth-order valence-corrected chi connectivity index (χ4v) is 3.04. The summed E-state index contributed by atoms with van der Waals surface area (Å²) >= 11 is 0. The molecule has 0 aliphatic rings. The van der Waals surface area contributed by atoms with Gasteiger partial charge in [0.1, 0.15) is 17.6 Å². The predicted molar refractivity (Wildman–Crippen MR) is 105 cm³/mol. The molecule has 0 bridgehead atoms. The Morgan fingerprint density at radius 3 is 2.56 bits per heavy atom. The molecule has 1 aromatic heterocycles. The van der Waals surface area contributed by atoms with E-state index in [0.717, 1.165) is 16.6 Å². The van der Waals surface area contributed by atoms with Crippen molar-refractivity contribution in [2.24, 2.45) is 0 Å². The first kappa shape index (κ1) is 16.8. The quantitative estimate of drug-likeness (QED) is 0.565. The summed E-state index contributed by atoms with van der Waals surface area (Å²) in [4.78, 5) is 20.9. The molecule has 5 heteroatoms. The van der Waals surface area contributed by atoms with E-state index in [2.05, 4.69) is 15.3 Å². The van der Waals surface area contributed by atoms with Gasteiger partial charge in [0.15, 0.2) is 0 Å². The van der Waals surface area contributed by atoms with Gasteiger partial charge in [-0.2, -0.15) is 0 Å². The number of benzene rings is 3. The maximum atomic E-state index is 12.9. The molecule has 1 amide bonds. The lowest BCUT2D eigenvalue weighted by Gasteiger charge is -2.17. The highest BCUT2D eigenvalue weighted by Crippen LogP contribution is 2.23. The van der Waals surface area contributed by atoms with Gasteiger partial charge in [0, 0.05) is 5.56 Å². The first-order valence-corrected chi connectivity index (χ1v) is 8.69. The number of rotatable bonds is 5. The number of imidazole rings is 1. The Kier molecular flexibility index (Phi) is 4.58. The summed E-state index contributed by atoms with van der Waals surface area (Å²) in [5, 5.41) is 3.09. The number of carbonyl (C=O) groups is 1. The first-order valence-electron chi connectivity index (χ1n) is 8.69. The Morgan fingerprint density at radius 2 is 1.78 bits per heavy atom. The molecule has 0 spiro atoms. The predicted octanol–water partition coefficient (Wildman–Crippen LogP) is 4.09. The Labute approximate surface area is 157 Å². The number of methoxy groups -OCH3 is 1. The van der Waals surface area contributed by atoms with Crippen LogP contribution in [0.3, 0.4) is 0 Å². The van der Waals surface area contributed by atoms with Gasteiger partial charge in [-0.1, -0.05) is 48.5 Å². The first-order chi connectivity index (χ1) is 13.2. The van der Waals surface area contributed by atoms with Crippen molar-refractivity contribution in [3.05, 3.63) is 95.8 Å². The summed E-state index contributed by atoms with van der Waals surface area (Å²) in [5.74, 6) is 1.14. The molecule has 0 saturated heterocycles. The second kappa shape index (κ2) is 7.33. The molecule has 0 saturated carbocycles. The van der Waals surface area contributed by atoms with Crippen molar-refractivity contribution in [2.45, 2.75) is 6.04 Å². The normalized spacial score (nSPS) is 11.9. The van der Waals surface area contributed by atoms with Crippen molar-refractivity contribution >= 4 is 16.9 Å². The van der Waals surface area contributed by atoms with Crippen LogP contribution in [0.4, 0.5) is 0 Å². The third kappa shape index (κ3) is 3.53. The number of hydrogen-bond acceptors (Lipinski definition) is 3. The van der Waals surface area contributed by atoms with Gasteiger partial charge in [0.05, 0.1) is 18.1 Å². The maximum Gasteiger partial charge on any atom is 0.252 e. The smallest absolute Gasteiger partial charge is 0.252 e. The average Bonchev–Trinajstić information content (AvgIpc) is 3.16. The topological polar surface area (TPSA) is 67.0 Å². The summed E-state index contributed by atoms with van der Waals surface area (Å²) < 4.78 is 5.22. The molecule has 1 atom stereocenters. The maximum absolute atomic E-state index is 12.9. The minimum Gasteiger partial charge on any atom is -0.497 e. The zero-order chi connectivity index (χ0) is 18.6. The minimum atomic E-state index is -0.391. The number of nitrogens with one attached hydrogen (secondary N) is 2. The molecule has 27 heavy (non-hydrogen) atoms. The fraction of sp³-hybridized carbons (Fsp3) is 0.0909. The van der Waals surface area contributed by atoms with Gasteiger partial charge >= 0.3 is 0 Å². The third-order valence-electron chi connectivity index (χ3n) is 4.42. The lowest BCUT2D eigenvalue weighted by atomic mass is 10.1. The van der Waals surface area contributed by atoms with Gasteiger partial charge in [0.25, 0.3) is 5.91 Å². The molecule has 0 aliphatic heterocycles. The van der Waals surface area contributed by atoms with E-state index in [1.54, 1.807) is 25.3 Å². The number of para-hydroxylation sites is 2. The van der Waals surface area contributed by atoms with E-state index < -0.39 is 6.04 Å². The van der Waals surface area contributed by atoms with E-state index >= 15 is 0 Å². The zero-order valence-corrected chi connectivity index (χ0v) is 14.8. The van der Waals surface area contributed by atoms with Crippen LogP contribution in [0.25, 0.3) is 11.0 Å². The second-order valence-corrected chi connectivity index (χ2v) is 6.19. The Hall–Kier alpha value is -3.60. The Morgan fingerprint density at radius 1 is 1.00 bits per heavy atom. The lowest BCUT2D eigenvalue weighted by molar-refractivity contribution is 0.0941. The van der Waals surface area contributed by atoms with Gasteiger partial charge < -0.3 is 15.0 Å². The van der Waals surface area contributed by atoms with Crippen LogP contribution in [-0.2, 0) is 0 Å². The summed E-state index contributed by atoms with van der Waals surface area (Å²) in [6.07, 6.45) is 0. The van der Waals surface area contributed by atoms with Crippen LogP contribution >= 0.6 is 0 Å². The highest BCUT2D eigenvalue weighted by atomic mass is 16.5. The van der Waals surface area contributed by atoms with Crippen molar-refractivity contribution in [1.82, 2.24) is 15.3 Å². The van der Waals surface area contributed by atoms with E-state index in [-0.39, 0.29) is 5.91 Å². The van der Waals surface area contributed by atoms with E-state index in [0.29, 0.717) is 17.1 Å². The van der Waals surface area contributed by atoms with E-state index in [1.165, 1.54) is 0 Å². The van der Waals surface area contributed by atoms with Crippen molar-refractivity contribution in [3.63, 3.8) is 0 Å². The number of hydrogen-bond donors (Lipinski definition) is 2. The molecule has 0 radical (unpaired) electrons. The number of nitrogens with zero attached hydrogens (tertiary/aromatic N) is 1. The number of carbonyl (C=O) groups excluding carboxylic acids is 1. The summed E-state index contributed by atoms with van der Waals surface area (Å²) in [7, 11) is 1.58. The summed E-state index contributed by atoms with van der Waals surface area (Å²) in [5.41, 5.74) is 3.28. The van der Waals surface area contributed by atoms with Crippen LogP contribution in [-0.4, -0.2) is 23.0 Å². The minimum absolute atomic E-state index is 0.191.